The SMILES string of the molecule is O/N=C(\CSc1nnc(-c2c[nH]c3ccccc23)n1-c1ccccc1)c1ccc(Cl)cc1. The third-order valence-electron chi connectivity index (χ3n) is 5.11. The number of fused-ring (bicyclic) bond motifs is 1. The first-order valence-electron chi connectivity index (χ1n) is 9.91. The molecular formula is C24H18ClN5OS. The molecule has 0 aliphatic rings. The van der Waals surface area contributed by atoms with Gasteiger partial charge in [-0.05, 0) is 30.3 Å². The number of aromatic amines is 1. The lowest BCUT2D eigenvalue weighted by atomic mass is 10.1. The minimum absolute atomic E-state index is 0.414. The van der Waals surface area contributed by atoms with E-state index in [0.29, 0.717) is 21.6 Å². The fraction of sp³-hybridized carbons (Fsp3) is 0.0417. The predicted octanol–water partition coefficient (Wildman–Crippen LogP) is 6.04. The number of benzene rings is 3. The summed E-state index contributed by atoms with van der Waals surface area (Å²) in [6.07, 6.45) is 1.96. The largest absolute Gasteiger partial charge is 0.411 e. The molecular weight excluding hydrogens is 442 g/mol. The molecule has 0 saturated heterocycles. The van der Waals surface area contributed by atoms with Crippen molar-refractivity contribution in [1.29, 1.82) is 0 Å². The molecule has 0 amide bonds. The molecule has 5 rings (SSSR count). The van der Waals surface area contributed by atoms with Crippen LogP contribution < -0.4 is 0 Å². The number of aromatic nitrogens is 4. The Morgan fingerprint density at radius 1 is 0.969 bits per heavy atom. The van der Waals surface area contributed by atoms with E-state index in [4.69, 9.17) is 11.6 Å². The van der Waals surface area contributed by atoms with Crippen LogP contribution in [0.25, 0.3) is 28.0 Å². The van der Waals surface area contributed by atoms with Crippen molar-refractivity contribution in [2.45, 2.75) is 5.16 Å². The van der Waals surface area contributed by atoms with Crippen LogP contribution in [0.1, 0.15) is 5.56 Å². The smallest absolute Gasteiger partial charge is 0.196 e. The molecule has 3 aromatic carbocycles. The lowest BCUT2D eigenvalue weighted by Gasteiger charge is -2.10. The summed E-state index contributed by atoms with van der Waals surface area (Å²) in [7, 11) is 0. The Hall–Kier alpha value is -3.55. The molecule has 0 radical (unpaired) electrons. The van der Waals surface area contributed by atoms with Crippen molar-refractivity contribution < 1.29 is 5.21 Å². The number of thioether (sulfide) groups is 1. The summed E-state index contributed by atoms with van der Waals surface area (Å²) in [5.41, 5.74) is 4.29. The number of hydrogen-bond acceptors (Lipinski definition) is 5. The van der Waals surface area contributed by atoms with Gasteiger partial charge >= 0.3 is 0 Å². The van der Waals surface area contributed by atoms with Gasteiger partial charge in [0, 0.05) is 44.7 Å². The van der Waals surface area contributed by atoms with Crippen molar-refractivity contribution in [3.8, 4) is 17.1 Å². The number of halogens is 1. The number of rotatable bonds is 6. The molecule has 2 N–H and O–H groups in total. The summed E-state index contributed by atoms with van der Waals surface area (Å²) in [6.45, 7) is 0. The van der Waals surface area contributed by atoms with Gasteiger partial charge in [-0.15, -0.1) is 10.2 Å². The first-order valence-corrected chi connectivity index (χ1v) is 11.3. The van der Waals surface area contributed by atoms with Gasteiger partial charge < -0.3 is 10.2 Å². The van der Waals surface area contributed by atoms with E-state index in [1.807, 2.05) is 71.4 Å². The maximum absolute atomic E-state index is 9.58. The van der Waals surface area contributed by atoms with Crippen LogP contribution in [0.15, 0.2) is 95.4 Å². The average Bonchev–Trinajstić information content (AvgIpc) is 3.45. The van der Waals surface area contributed by atoms with Gasteiger partial charge in [-0.1, -0.05) is 77.0 Å². The number of nitrogens with zero attached hydrogens (tertiary/aromatic N) is 4. The highest BCUT2D eigenvalue weighted by Crippen LogP contribution is 2.32. The van der Waals surface area contributed by atoms with E-state index in [1.54, 1.807) is 12.1 Å². The Labute approximate surface area is 193 Å². The van der Waals surface area contributed by atoms with Gasteiger partial charge in [0.05, 0.1) is 5.71 Å². The fourth-order valence-electron chi connectivity index (χ4n) is 3.55. The lowest BCUT2D eigenvalue weighted by Crippen LogP contribution is -2.06. The van der Waals surface area contributed by atoms with Gasteiger partial charge in [-0.3, -0.25) is 4.57 Å². The minimum Gasteiger partial charge on any atom is -0.411 e. The predicted molar refractivity (Wildman–Crippen MR) is 129 cm³/mol. The Kier molecular flexibility index (Phi) is 5.66. The molecule has 0 atom stereocenters. The van der Waals surface area contributed by atoms with Crippen LogP contribution in [0.3, 0.4) is 0 Å². The highest BCUT2D eigenvalue weighted by Gasteiger charge is 2.19. The monoisotopic (exact) mass is 459 g/mol. The van der Waals surface area contributed by atoms with Gasteiger partial charge in [-0.25, -0.2) is 0 Å². The fourth-order valence-corrected chi connectivity index (χ4v) is 4.59. The van der Waals surface area contributed by atoms with Crippen molar-refractivity contribution in [3.63, 3.8) is 0 Å². The van der Waals surface area contributed by atoms with E-state index in [1.165, 1.54) is 11.8 Å². The Morgan fingerprint density at radius 2 is 1.72 bits per heavy atom. The van der Waals surface area contributed by atoms with Gasteiger partial charge in [0.2, 0.25) is 0 Å². The van der Waals surface area contributed by atoms with E-state index < -0.39 is 0 Å². The van der Waals surface area contributed by atoms with Gasteiger partial charge in [0.25, 0.3) is 0 Å². The quantitative estimate of drug-likeness (QED) is 0.140. The second-order valence-electron chi connectivity index (χ2n) is 7.07. The minimum atomic E-state index is 0.414. The van der Waals surface area contributed by atoms with E-state index in [-0.39, 0.29) is 0 Å². The van der Waals surface area contributed by atoms with Crippen molar-refractivity contribution in [1.82, 2.24) is 19.7 Å². The highest BCUT2D eigenvalue weighted by molar-refractivity contribution is 7.99. The summed E-state index contributed by atoms with van der Waals surface area (Å²) >= 11 is 7.43. The van der Waals surface area contributed by atoms with Crippen molar-refractivity contribution in [3.05, 3.63) is 95.6 Å². The molecule has 2 aromatic heterocycles. The van der Waals surface area contributed by atoms with Gasteiger partial charge in [-0.2, -0.15) is 0 Å². The topological polar surface area (TPSA) is 79.1 Å². The normalized spacial score (nSPS) is 11.8. The van der Waals surface area contributed by atoms with Crippen LogP contribution in [0.5, 0.6) is 0 Å². The van der Waals surface area contributed by atoms with Gasteiger partial charge in [0.1, 0.15) is 0 Å². The standard InChI is InChI=1S/C24H18ClN5OS/c25-17-12-10-16(11-13-17)22(29-31)15-32-24-28-27-23(30(24)18-6-2-1-3-7-18)20-14-26-21-9-5-4-8-19(20)21/h1-14,26,31H,15H2/b29-22+. The summed E-state index contributed by atoms with van der Waals surface area (Å²) in [5.74, 6) is 1.15. The second-order valence-corrected chi connectivity index (χ2v) is 8.45. The maximum atomic E-state index is 9.58. The van der Waals surface area contributed by atoms with Crippen molar-refractivity contribution >= 4 is 40.0 Å². The maximum Gasteiger partial charge on any atom is 0.196 e. The highest BCUT2D eigenvalue weighted by atomic mass is 35.5. The molecule has 0 bridgehead atoms. The molecule has 0 unspecified atom stereocenters. The molecule has 8 heteroatoms. The lowest BCUT2D eigenvalue weighted by molar-refractivity contribution is 0.319. The number of para-hydroxylation sites is 2. The van der Waals surface area contributed by atoms with Crippen LogP contribution >= 0.6 is 23.4 Å². The first kappa shape index (κ1) is 20.4. The molecule has 0 aliphatic heterocycles. The van der Waals surface area contributed by atoms with E-state index in [9.17, 15) is 5.21 Å². The Morgan fingerprint density at radius 3 is 2.50 bits per heavy atom. The number of H-pyrrole nitrogens is 1. The molecule has 5 aromatic rings. The Bertz CT molecular complexity index is 1390. The molecule has 2 heterocycles. The molecule has 0 spiro atoms. The average molecular weight is 460 g/mol. The van der Waals surface area contributed by atoms with Crippen LogP contribution in [0, 0.1) is 0 Å². The van der Waals surface area contributed by atoms with Gasteiger partial charge in [0.15, 0.2) is 11.0 Å². The molecule has 0 saturated carbocycles. The number of nitrogens with one attached hydrogen (secondary N) is 1. The summed E-state index contributed by atoms with van der Waals surface area (Å²) < 4.78 is 2.02. The molecule has 158 valence electrons. The number of oxime groups is 1. The second kappa shape index (κ2) is 8.90. The molecule has 0 fully saturated rings. The van der Waals surface area contributed by atoms with Crippen LogP contribution in [0.4, 0.5) is 0 Å². The zero-order valence-electron chi connectivity index (χ0n) is 16.8. The summed E-state index contributed by atoms with van der Waals surface area (Å²) in [6, 6.07) is 25.3. The third-order valence-corrected chi connectivity index (χ3v) is 6.31. The van der Waals surface area contributed by atoms with Crippen LogP contribution in [0.2, 0.25) is 5.02 Å². The van der Waals surface area contributed by atoms with E-state index >= 15 is 0 Å². The van der Waals surface area contributed by atoms with Crippen LogP contribution in [-0.2, 0) is 0 Å². The third kappa shape index (κ3) is 3.88. The van der Waals surface area contributed by atoms with E-state index in [0.717, 1.165) is 33.5 Å². The van der Waals surface area contributed by atoms with Crippen LogP contribution in [-0.4, -0.2) is 36.4 Å². The summed E-state index contributed by atoms with van der Waals surface area (Å²) in [5, 5.41) is 24.5. The molecule has 6 nitrogen and oxygen atoms in total. The summed E-state index contributed by atoms with van der Waals surface area (Å²) in [4.78, 5) is 3.31. The Balaban J connectivity index is 1.54. The van der Waals surface area contributed by atoms with E-state index in [2.05, 4.69) is 26.4 Å². The van der Waals surface area contributed by atoms with Crippen molar-refractivity contribution in [2.75, 3.05) is 5.75 Å². The molecule has 0 aliphatic carbocycles. The first-order chi connectivity index (χ1) is 15.7. The zero-order valence-corrected chi connectivity index (χ0v) is 18.4. The number of hydrogen-bond donors (Lipinski definition) is 2. The van der Waals surface area contributed by atoms with Crippen molar-refractivity contribution in [2.24, 2.45) is 5.16 Å². The molecule has 32 heavy (non-hydrogen) atoms. The zero-order chi connectivity index (χ0) is 21.9.